The predicted molar refractivity (Wildman–Crippen MR) is 105 cm³/mol. The molecule has 0 unspecified atom stereocenters. The van der Waals surface area contributed by atoms with Gasteiger partial charge in [0, 0.05) is 9.90 Å². The van der Waals surface area contributed by atoms with E-state index in [2.05, 4.69) is 4.72 Å². The molecule has 0 saturated heterocycles. The van der Waals surface area contributed by atoms with Crippen LogP contribution in [0.25, 0.3) is 0 Å². The molecule has 1 aliphatic rings. The van der Waals surface area contributed by atoms with Crippen molar-refractivity contribution in [3.8, 4) is 0 Å². The highest BCUT2D eigenvalue weighted by molar-refractivity contribution is 7.92. The summed E-state index contributed by atoms with van der Waals surface area (Å²) >= 11 is 7.41. The summed E-state index contributed by atoms with van der Waals surface area (Å²) in [7, 11) is -3.71. The molecule has 8 heteroatoms. The van der Waals surface area contributed by atoms with Gasteiger partial charge in [0.2, 0.25) is 10.0 Å². The van der Waals surface area contributed by atoms with E-state index in [4.69, 9.17) is 16.3 Å². The average molecular weight is 414 g/mol. The van der Waals surface area contributed by atoms with Crippen LogP contribution in [0.15, 0.2) is 24.3 Å². The average Bonchev–Trinajstić information content (AvgIpc) is 2.94. The summed E-state index contributed by atoms with van der Waals surface area (Å²) in [6.07, 6.45) is 3.66. The summed E-state index contributed by atoms with van der Waals surface area (Å²) in [6.45, 7) is 1.98. The molecule has 0 amide bonds. The number of aryl methyl sites for hydroxylation is 1. The van der Waals surface area contributed by atoms with Gasteiger partial charge < -0.3 is 4.74 Å². The number of benzene rings is 1. The maximum absolute atomic E-state index is 12.7. The van der Waals surface area contributed by atoms with Crippen LogP contribution in [0.4, 0.5) is 5.00 Å². The minimum absolute atomic E-state index is 0.245. The van der Waals surface area contributed by atoms with Crippen molar-refractivity contribution in [3.63, 3.8) is 0 Å². The molecule has 5 nitrogen and oxygen atoms in total. The van der Waals surface area contributed by atoms with Crippen molar-refractivity contribution < 1.29 is 17.9 Å². The van der Waals surface area contributed by atoms with Crippen molar-refractivity contribution in [1.29, 1.82) is 0 Å². The molecular weight excluding hydrogens is 394 g/mol. The lowest BCUT2D eigenvalue weighted by molar-refractivity contribution is 0.0526. The van der Waals surface area contributed by atoms with Crippen molar-refractivity contribution in [2.75, 3.05) is 11.3 Å². The number of nitrogens with one attached hydrogen (secondary N) is 1. The van der Waals surface area contributed by atoms with E-state index in [1.807, 2.05) is 0 Å². The van der Waals surface area contributed by atoms with E-state index in [0.29, 0.717) is 21.2 Å². The third-order valence-corrected chi connectivity index (χ3v) is 7.11. The fourth-order valence-electron chi connectivity index (χ4n) is 3.05. The Bertz CT molecular complexity index is 921. The van der Waals surface area contributed by atoms with Gasteiger partial charge in [-0.05, 0) is 49.8 Å². The van der Waals surface area contributed by atoms with Crippen LogP contribution in [0.2, 0.25) is 5.02 Å². The number of ether oxygens (including phenoxy) is 1. The van der Waals surface area contributed by atoms with Gasteiger partial charge in [0.05, 0.1) is 17.9 Å². The van der Waals surface area contributed by atoms with Gasteiger partial charge in [0.25, 0.3) is 0 Å². The molecule has 0 bridgehead atoms. The second-order valence-corrected chi connectivity index (χ2v) is 9.32. The topological polar surface area (TPSA) is 72.5 Å². The van der Waals surface area contributed by atoms with E-state index in [1.165, 1.54) is 11.3 Å². The number of halogens is 1. The summed E-state index contributed by atoms with van der Waals surface area (Å²) in [5, 5.41) is 0.747. The minimum Gasteiger partial charge on any atom is -0.462 e. The van der Waals surface area contributed by atoms with Gasteiger partial charge in [-0.25, -0.2) is 13.2 Å². The number of carbonyl (C=O) groups is 1. The molecule has 0 aliphatic heterocycles. The molecule has 2 aromatic rings. The minimum atomic E-state index is -3.71. The molecule has 1 aliphatic carbocycles. The number of sulfonamides is 1. The van der Waals surface area contributed by atoms with Gasteiger partial charge in [-0.3, -0.25) is 4.72 Å². The van der Waals surface area contributed by atoms with Gasteiger partial charge in [-0.15, -0.1) is 11.3 Å². The Morgan fingerprint density at radius 3 is 2.73 bits per heavy atom. The van der Waals surface area contributed by atoms with E-state index in [0.717, 1.165) is 36.1 Å². The number of hydrogen-bond acceptors (Lipinski definition) is 5. The van der Waals surface area contributed by atoms with Crippen LogP contribution in [-0.2, 0) is 33.4 Å². The number of anilines is 1. The smallest absolute Gasteiger partial charge is 0.341 e. The first-order valence-corrected chi connectivity index (χ1v) is 11.3. The Balaban J connectivity index is 1.92. The Labute approximate surface area is 162 Å². The molecule has 1 heterocycles. The van der Waals surface area contributed by atoms with E-state index in [9.17, 15) is 13.2 Å². The predicted octanol–water partition coefficient (Wildman–Crippen LogP) is 4.40. The second-order valence-electron chi connectivity index (χ2n) is 6.09. The normalized spacial score (nSPS) is 13.9. The molecule has 0 fully saturated rings. The van der Waals surface area contributed by atoms with Crippen molar-refractivity contribution in [1.82, 2.24) is 0 Å². The largest absolute Gasteiger partial charge is 0.462 e. The van der Waals surface area contributed by atoms with Crippen LogP contribution in [0, 0.1) is 0 Å². The number of hydrogen-bond donors (Lipinski definition) is 1. The molecule has 1 aromatic heterocycles. The number of fused-ring (bicyclic) bond motifs is 1. The first-order chi connectivity index (χ1) is 12.4. The third kappa shape index (κ3) is 4.22. The molecule has 1 aromatic carbocycles. The quantitative estimate of drug-likeness (QED) is 0.712. The molecule has 0 atom stereocenters. The fourth-order valence-corrected chi connectivity index (χ4v) is 6.13. The lowest BCUT2D eigenvalue weighted by Gasteiger charge is -2.12. The Hall–Kier alpha value is -1.57. The van der Waals surface area contributed by atoms with E-state index in [1.54, 1.807) is 31.2 Å². The molecule has 140 valence electrons. The Morgan fingerprint density at radius 2 is 2.00 bits per heavy atom. The van der Waals surface area contributed by atoms with Crippen molar-refractivity contribution >= 4 is 43.9 Å². The number of carbonyl (C=O) groups excluding carboxylic acids is 1. The third-order valence-electron chi connectivity index (χ3n) is 4.20. The Kier molecular flexibility index (Phi) is 5.89. The second kappa shape index (κ2) is 7.98. The lowest BCUT2D eigenvalue weighted by Crippen LogP contribution is -2.17. The van der Waals surface area contributed by atoms with Crippen molar-refractivity contribution in [2.24, 2.45) is 0 Å². The fraction of sp³-hybridized carbons (Fsp3) is 0.389. The van der Waals surface area contributed by atoms with Crippen LogP contribution in [-0.4, -0.2) is 21.0 Å². The zero-order valence-corrected chi connectivity index (χ0v) is 16.8. The van der Waals surface area contributed by atoms with E-state index in [-0.39, 0.29) is 12.4 Å². The van der Waals surface area contributed by atoms with Crippen LogP contribution in [0.5, 0.6) is 0 Å². The monoisotopic (exact) mass is 413 g/mol. The SMILES string of the molecule is CCOC(=O)c1c(NS(=O)(=O)Cc2ccccc2Cl)sc2c1CCCC2. The molecule has 0 spiro atoms. The zero-order chi connectivity index (χ0) is 18.7. The molecule has 0 saturated carbocycles. The summed E-state index contributed by atoms with van der Waals surface area (Å²) in [6, 6.07) is 6.82. The standard InChI is InChI=1S/C18H20ClNO4S2/c1-2-24-18(21)16-13-8-4-6-10-15(13)25-17(16)20-26(22,23)11-12-7-3-5-9-14(12)19/h3,5,7,9,20H,2,4,6,8,10-11H2,1H3. The van der Waals surface area contributed by atoms with Gasteiger partial charge in [0.15, 0.2) is 0 Å². The van der Waals surface area contributed by atoms with Gasteiger partial charge in [-0.2, -0.15) is 0 Å². The molecular formula is C18H20ClNO4S2. The summed E-state index contributed by atoms with van der Waals surface area (Å²) in [5.41, 5.74) is 1.81. The number of rotatable bonds is 6. The molecule has 1 N–H and O–H groups in total. The van der Waals surface area contributed by atoms with E-state index < -0.39 is 16.0 Å². The highest BCUT2D eigenvalue weighted by Crippen LogP contribution is 2.39. The van der Waals surface area contributed by atoms with Crippen LogP contribution in [0.1, 0.15) is 46.1 Å². The van der Waals surface area contributed by atoms with Crippen LogP contribution in [0.3, 0.4) is 0 Å². The summed E-state index contributed by atoms with van der Waals surface area (Å²) in [4.78, 5) is 13.5. The first-order valence-electron chi connectivity index (χ1n) is 8.47. The highest BCUT2D eigenvalue weighted by atomic mass is 35.5. The number of esters is 1. The van der Waals surface area contributed by atoms with Crippen molar-refractivity contribution in [2.45, 2.75) is 38.4 Å². The Morgan fingerprint density at radius 1 is 1.27 bits per heavy atom. The first kappa shape index (κ1) is 19.2. The van der Waals surface area contributed by atoms with Crippen molar-refractivity contribution in [3.05, 3.63) is 50.9 Å². The van der Waals surface area contributed by atoms with Gasteiger partial charge in [0.1, 0.15) is 5.00 Å². The number of thiophene rings is 1. The molecule has 3 rings (SSSR count). The van der Waals surface area contributed by atoms with Gasteiger partial charge >= 0.3 is 5.97 Å². The highest BCUT2D eigenvalue weighted by Gasteiger charge is 2.28. The zero-order valence-electron chi connectivity index (χ0n) is 14.4. The maximum Gasteiger partial charge on any atom is 0.341 e. The molecule has 26 heavy (non-hydrogen) atoms. The molecule has 0 radical (unpaired) electrons. The maximum atomic E-state index is 12.7. The van der Waals surface area contributed by atoms with Crippen LogP contribution >= 0.6 is 22.9 Å². The lowest BCUT2D eigenvalue weighted by atomic mass is 9.95. The summed E-state index contributed by atoms with van der Waals surface area (Å²) in [5.74, 6) is -0.723. The van der Waals surface area contributed by atoms with E-state index >= 15 is 0 Å². The summed E-state index contributed by atoms with van der Waals surface area (Å²) < 4.78 is 33.1. The van der Waals surface area contributed by atoms with Gasteiger partial charge in [-0.1, -0.05) is 29.8 Å². The van der Waals surface area contributed by atoms with Crippen LogP contribution < -0.4 is 4.72 Å².